The van der Waals surface area contributed by atoms with Crippen molar-refractivity contribution in [1.29, 1.82) is 0 Å². The average molecular weight is 324 g/mol. The Morgan fingerprint density at radius 2 is 2.21 bits per heavy atom. The lowest BCUT2D eigenvalue weighted by atomic mass is 10.2. The molecule has 2 heterocycles. The maximum Gasteiger partial charge on any atom is 0.324 e. The molecule has 0 bridgehead atoms. The van der Waals surface area contributed by atoms with Gasteiger partial charge >= 0.3 is 6.03 Å². The van der Waals surface area contributed by atoms with Crippen molar-refractivity contribution in [2.45, 2.75) is 19.4 Å². The number of rotatable bonds is 2. The van der Waals surface area contributed by atoms with Crippen LogP contribution in [0.3, 0.4) is 0 Å². The zero-order valence-corrected chi connectivity index (χ0v) is 12.6. The van der Waals surface area contributed by atoms with Crippen molar-refractivity contribution in [3.05, 3.63) is 28.2 Å². The van der Waals surface area contributed by atoms with Crippen molar-refractivity contribution < 1.29 is 4.79 Å². The van der Waals surface area contributed by atoms with Gasteiger partial charge in [-0.15, -0.1) is 0 Å². The lowest BCUT2D eigenvalue weighted by molar-refractivity contribution is 0.205. The van der Waals surface area contributed by atoms with Crippen LogP contribution in [0.4, 0.5) is 10.5 Å². The Balaban J connectivity index is 1.79. The second kappa shape index (κ2) is 5.13. The highest BCUT2D eigenvalue weighted by atomic mass is 79.9. The summed E-state index contributed by atoms with van der Waals surface area (Å²) in [6, 6.07) is 6.60. The van der Waals surface area contributed by atoms with E-state index in [4.69, 9.17) is 0 Å². The number of amides is 2. The minimum Gasteiger partial charge on any atom is -0.318 e. The van der Waals surface area contributed by atoms with E-state index in [9.17, 15) is 4.79 Å². The van der Waals surface area contributed by atoms with Crippen LogP contribution >= 0.6 is 15.9 Å². The highest BCUT2D eigenvalue weighted by Gasteiger charge is 2.35. The van der Waals surface area contributed by atoms with Crippen molar-refractivity contribution in [2.75, 3.05) is 31.1 Å². The van der Waals surface area contributed by atoms with E-state index in [2.05, 4.69) is 27.3 Å². The smallest absolute Gasteiger partial charge is 0.318 e. The van der Waals surface area contributed by atoms with Gasteiger partial charge in [0.05, 0.1) is 0 Å². The van der Waals surface area contributed by atoms with E-state index in [-0.39, 0.29) is 6.03 Å². The van der Waals surface area contributed by atoms with Crippen LogP contribution in [0, 0.1) is 6.92 Å². The second-order valence-electron chi connectivity index (χ2n) is 5.21. The molecular formula is C14H18BrN3O. The van der Waals surface area contributed by atoms with Crippen molar-refractivity contribution in [3.63, 3.8) is 0 Å². The molecule has 102 valence electrons. The van der Waals surface area contributed by atoms with Gasteiger partial charge in [0.2, 0.25) is 0 Å². The molecule has 0 aromatic heterocycles. The molecule has 1 N–H and O–H groups in total. The molecular weight excluding hydrogens is 306 g/mol. The van der Waals surface area contributed by atoms with Gasteiger partial charge in [0.15, 0.2) is 0 Å². The molecule has 0 radical (unpaired) electrons. The van der Waals surface area contributed by atoms with Gasteiger partial charge in [-0.1, -0.05) is 15.9 Å². The van der Waals surface area contributed by atoms with Crippen molar-refractivity contribution in [1.82, 2.24) is 10.2 Å². The molecule has 19 heavy (non-hydrogen) atoms. The zero-order valence-electron chi connectivity index (χ0n) is 11.0. The van der Waals surface area contributed by atoms with E-state index < -0.39 is 0 Å². The van der Waals surface area contributed by atoms with E-state index >= 15 is 0 Å². The summed E-state index contributed by atoms with van der Waals surface area (Å²) >= 11 is 3.50. The van der Waals surface area contributed by atoms with Crippen LogP contribution in [0.25, 0.3) is 0 Å². The van der Waals surface area contributed by atoms with Crippen LogP contribution in [-0.2, 0) is 0 Å². The van der Waals surface area contributed by atoms with Crippen molar-refractivity contribution in [2.24, 2.45) is 0 Å². The normalized spacial score (nSPS) is 23.5. The molecule has 5 heteroatoms. The van der Waals surface area contributed by atoms with E-state index in [1.54, 1.807) is 0 Å². The topological polar surface area (TPSA) is 35.6 Å². The van der Waals surface area contributed by atoms with Crippen LogP contribution in [-0.4, -0.2) is 43.2 Å². The molecule has 0 aliphatic carbocycles. The first-order chi connectivity index (χ1) is 9.16. The van der Waals surface area contributed by atoms with Gasteiger partial charge in [-0.3, -0.25) is 4.90 Å². The molecule has 1 aromatic carbocycles. The van der Waals surface area contributed by atoms with Crippen molar-refractivity contribution >= 4 is 27.6 Å². The van der Waals surface area contributed by atoms with Crippen LogP contribution in [0.2, 0.25) is 0 Å². The summed E-state index contributed by atoms with van der Waals surface area (Å²) in [4.78, 5) is 16.4. The predicted octanol–water partition coefficient (Wildman–Crippen LogP) is 2.36. The van der Waals surface area contributed by atoms with E-state index in [1.807, 2.05) is 28.9 Å². The Morgan fingerprint density at radius 1 is 1.37 bits per heavy atom. The number of anilines is 1. The standard InChI is InChI=1S/C14H18BrN3O/c1-10-8-11(2-3-13(10)15)17-6-7-18(14(17)19)12-4-5-16-9-12/h2-3,8,12,16H,4-7,9H2,1H3. The van der Waals surface area contributed by atoms with Crippen LogP contribution in [0.15, 0.2) is 22.7 Å². The Bertz CT molecular complexity index is 499. The molecule has 1 atom stereocenters. The fourth-order valence-electron chi connectivity index (χ4n) is 2.83. The molecule has 2 aliphatic rings. The molecule has 0 saturated carbocycles. The first-order valence-corrected chi connectivity index (χ1v) is 7.51. The molecule has 2 aliphatic heterocycles. The summed E-state index contributed by atoms with van der Waals surface area (Å²) < 4.78 is 1.08. The number of benzene rings is 1. The van der Waals surface area contributed by atoms with Crippen LogP contribution in [0.1, 0.15) is 12.0 Å². The summed E-state index contributed by atoms with van der Waals surface area (Å²) in [6.07, 6.45) is 1.07. The number of halogens is 1. The van der Waals surface area contributed by atoms with E-state index in [1.165, 1.54) is 0 Å². The first kappa shape index (κ1) is 12.9. The average Bonchev–Trinajstić information content (AvgIpc) is 3.02. The minimum absolute atomic E-state index is 0.149. The first-order valence-electron chi connectivity index (χ1n) is 6.72. The van der Waals surface area contributed by atoms with Gasteiger partial charge in [0, 0.05) is 35.8 Å². The van der Waals surface area contributed by atoms with Crippen LogP contribution < -0.4 is 10.2 Å². The second-order valence-corrected chi connectivity index (χ2v) is 6.06. The van der Waals surface area contributed by atoms with E-state index in [0.717, 1.165) is 48.3 Å². The van der Waals surface area contributed by atoms with Gasteiger partial charge in [-0.05, 0) is 43.7 Å². The van der Waals surface area contributed by atoms with Gasteiger partial charge in [0.25, 0.3) is 0 Å². The maximum atomic E-state index is 12.5. The number of nitrogens with zero attached hydrogens (tertiary/aromatic N) is 2. The molecule has 2 amide bonds. The summed E-state index contributed by atoms with van der Waals surface area (Å²) in [7, 11) is 0. The highest BCUT2D eigenvalue weighted by molar-refractivity contribution is 9.10. The summed E-state index contributed by atoms with van der Waals surface area (Å²) in [5.41, 5.74) is 2.16. The molecule has 1 unspecified atom stereocenters. The van der Waals surface area contributed by atoms with Gasteiger partial charge in [-0.25, -0.2) is 4.79 Å². The van der Waals surface area contributed by atoms with Crippen LogP contribution in [0.5, 0.6) is 0 Å². The Kier molecular flexibility index (Phi) is 3.50. The largest absolute Gasteiger partial charge is 0.324 e. The fraction of sp³-hybridized carbons (Fsp3) is 0.500. The van der Waals surface area contributed by atoms with E-state index in [0.29, 0.717) is 6.04 Å². The molecule has 2 saturated heterocycles. The molecule has 4 nitrogen and oxygen atoms in total. The Morgan fingerprint density at radius 3 is 2.89 bits per heavy atom. The molecule has 2 fully saturated rings. The number of carbonyl (C=O) groups is 1. The predicted molar refractivity (Wildman–Crippen MR) is 79.6 cm³/mol. The summed E-state index contributed by atoms with van der Waals surface area (Å²) in [5.74, 6) is 0. The quantitative estimate of drug-likeness (QED) is 0.906. The maximum absolute atomic E-state index is 12.5. The molecule has 3 rings (SSSR count). The number of hydrogen-bond acceptors (Lipinski definition) is 2. The number of hydrogen-bond donors (Lipinski definition) is 1. The number of urea groups is 1. The SMILES string of the molecule is Cc1cc(N2CCN(C3CCNC3)C2=O)ccc1Br. The third-order valence-electron chi connectivity index (χ3n) is 3.97. The van der Waals surface area contributed by atoms with Gasteiger partial charge in [-0.2, -0.15) is 0 Å². The number of nitrogens with one attached hydrogen (secondary N) is 1. The minimum atomic E-state index is 0.149. The third kappa shape index (κ3) is 2.37. The third-order valence-corrected chi connectivity index (χ3v) is 4.86. The summed E-state index contributed by atoms with van der Waals surface area (Å²) in [5, 5.41) is 3.32. The number of aryl methyl sites for hydroxylation is 1. The molecule has 1 aromatic rings. The molecule has 0 spiro atoms. The lowest BCUT2D eigenvalue weighted by Crippen LogP contribution is -2.40. The Labute approximate surface area is 121 Å². The highest BCUT2D eigenvalue weighted by Crippen LogP contribution is 2.27. The van der Waals surface area contributed by atoms with Gasteiger partial charge in [0.1, 0.15) is 0 Å². The van der Waals surface area contributed by atoms with Crippen molar-refractivity contribution in [3.8, 4) is 0 Å². The van der Waals surface area contributed by atoms with Gasteiger partial charge < -0.3 is 10.2 Å². The Hall–Kier alpha value is -1.07. The monoisotopic (exact) mass is 323 g/mol. The zero-order chi connectivity index (χ0) is 13.4. The lowest BCUT2D eigenvalue weighted by Gasteiger charge is -2.24. The summed E-state index contributed by atoms with van der Waals surface area (Å²) in [6.45, 7) is 5.62. The number of carbonyl (C=O) groups excluding carboxylic acids is 1. The fourth-order valence-corrected chi connectivity index (χ4v) is 3.08.